The molecule has 0 unspecified atom stereocenters. The van der Waals surface area contributed by atoms with E-state index in [9.17, 15) is 13.5 Å². The molecule has 2 aromatic carbocycles. The third-order valence-electron chi connectivity index (χ3n) is 4.50. The molecule has 6 heteroatoms. The Morgan fingerprint density at radius 1 is 1.00 bits per heavy atom. The predicted octanol–water partition coefficient (Wildman–Crippen LogP) is 2.49. The SMILES string of the molecule is C.Cc1ccc(S(=O)(=O)N(CC(C)C)C[C@@H](O)[C@@H]([NH3+])Cc2ccccc2)cc1. The van der Waals surface area contributed by atoms with Crippen molar-refractivity contribution in [1.82, 2.24) is 4.31 Å². The lowest BCUT2D eigenvalue weighted by Gasteiger charge is -2.27. The highest BCUT2D eigenvalue weighted by Gasteiger charge is 2.30. The Kier molecular flexibility index (Phi) is 9.30. The standard InChI is InChI=1S/C21H30N2O3S.CH4/c1-16(2)14-23(27(25,26)19-11-9-17(3)10-12-19)15-21(24)20(22)13-18-7-5-4-6-8-18;/h4-12,16,20-21,24H,13-15,22H2,1-3H3;1H4/p+1/t20-,21+;/m0./s1. The van der Waals surface area contributed by atoms with Crippen LogP contribution in [0.3, 0.4) is 0 Å². The lowest BCUT2D eigenvalue weighted by molar-refractivity contribution is -0.437. The number of quaternary nitrogens is 1. The van der Waals surface area contributed by atoms with Gasteiger partial charge in [0.15, 0.2) is 0 Å². The molecule has 2 rings (SSSR count). The number of nitrogens with zero attached hydrogens (tertiary/aromatic N) is 1. The van der Waals surface area contributed by atoms with E-state index < -0.39 is 16.1 Å². The average Bonchev–Trinajstić information content (AvgIpc) is 2.62. The third-order valence-corrected chi connectivity index (χ3v) is 6.35. The summed E-state index contributed by atoms with van der Waals surface area (Å²) >= 11 is 0. The van der Waals surface area contributed by atoms with Crippen molar-refractivity contribution in [3.05, 3.63) is 65.7 Å². The van der Waals surface area contributed by atoms with Crippen LogP contribution in [0.25, 0.3) is 0 Å². The zero-order chi connectivity index (χ0) is 20.0. The van der Waals surface area contributed by atoms with Crippen LogP contribution in [0.5, 0.6) is 0 Å². The summed E-state index contributed by atoms with van der Waals surface area (Å²) in [6, 6.07) is 16.3. The third kappa shape index (κ3) is 6.71. The molecule has 0 bridgehead atoms. The molecule has 0 aliphatic rings. The van der Waals surface area contributed by atoms with Crippen LogP contribution in [0.1, 0.15) is 32.4 Å². The van der Waals surface area contributed by atoms with Crippen molar-refractivity contribution in [2.45, 2.75) is 51.7 Å². The summed E-state index contributed by atoms with van der Waals surface area (Å²) in [5, 5.41) is 10.6. The second-order valence-corrected chi connectivity index (χ2v) is 9.48. The van der Waals surface area contributed by atoms with Gasteiger partial charge in [0.05, 0.1) is 4.90 Å². The Morgan fingerprint density at radius 3 is 2.11 bits per heavy atom. The number of hydrogen-bond donors (Lipinski definition) is 2. The van der Waals surface area contributed by atoms with E-state index in [1.165, 1.54) is 4.31 Å². The molecule has 2 aromatic rings. The van der Waals surface area contributed by atoms with E-state index in [0.29, 0.717) is 13.0 Å². The van der Waals surface area contributed by atoms with Crippen molar-refractivity contribution in [3.8, 4) is 0 Å². The first-order valence-corrected chi connectivity index (χ1v) is 10.8. The number of aliphatic hydroxyl groups excluding tert-OH is 1. The number of aliphatic hydroxyl groups is 1. The van der Waals surface area contributed by atoms with Gasteiger partial charge < -0.3 is 10.8 Å². The summed E-state index contributed by atoms with van der Waals surface area (Å²) in [5.41, 5.74) is 6.14. The fourth-order valence-corrected chi connectivity index (χ4v) is 4.57. The Labute approximate surface area is 170 Å². The van der Waals surface area contributed by atoms with Crippen molar-refractivity contribution in [2.75, 3.05) is 13.1 Å². The van der Waals surface area contributed by atoms with Gasteiger partial charge in [-0.1, -0.05) is 69.3 Å². The van der Waals surface area contributed by atoms with Gasteiger partial charge in [0.2, 0.25) is 10.0 Å². The van der Waals surface area contributed by atoms with Crippen LogP contribution in [0.15, 0.2) is 59.5 Å². The highest BCUT2D eigenvalue weighted by atomic mass is 32.2. The summed E-state index contributed by atoms with van der Waals surface area (Å²) in [4.78, 5) is 0.254. The van der Waals surface area contributed by atoms with Crippen molar-refractivity contribution in [3.63, 3.8) is 0 Å². The van der Waals surface area contributed by atoms with Crippen LogP contribution in [0, 0.1) is 12.8 Å². The smallest absolute Gasteiger partial charge is 0.243 e. The zero-order valence-electron chi connectivity index (χ0n) is 16.4. The van der Waals surface area contributed by atoms with E-state index >= 15 is 0 Å². The van der Waals surface area contributed by atoms with Crippen LogP contribution < -0.4 is 5.73 Å². The minimum atomic E-state index is -3.67. The number of aryl methyl sites for hydroxylation is 1. The molecule has 0 aliphatic heterocycles. The van der Waals surface area contributed by atoms with E-state index in [0.717, 1.165) is 11.1 Å². The Morgan fingerprint density at radius 2 is 1.57 bits per heavy atom. The van der Waals surface area contributed by atoms with Crippen LogP contribution in [-0.2, 0) is 16.4 Å². The van der Waals surface area contributed by atoms with Gasteiger partial charge in [-0.15, -0.1) is 0 Å². The highest BCUT2D eigenvalue weighted by molar-refractivity contribution is 7.89. The minimum Gasteiger partial charge on any atom is -0.386 e. The molecule has 5 nitrogen and oxygen atoms in total. The number of sulfonamides is 1. The maximum Gasteiger partial charge on any atom is 0.243 e. The summed E-state index contributed by atoms with van der Waals surface area (Å²) < 4.78 is 27.6. The van der Waals surface area contributed by atoms with E-state index in [2.05, 4.69) is 5.73 Å². The lowest BCUT2D eigenvalue weighted by Crippen LogP contribution is -2.69. The first kappa shape index (κ1) is 24.3. The normalized spacial score (nSPS) is 14.0. The van der Waals surface area contributed by atoms with Gasteiger partial charge >= 0.3 is 0 Å². The van der Waals surface area contributed by atoms with Gasteiger partial charge in [0.1, 0.15) is 12.1 Å². The minimum absolute atomic E-state index is 0. The van der Waals surface area contributed by atoms with Gasteiger partial charge in [-0.2, -0.15) is 4.31 Å². The molecule has 0 fully saturated rings. The van der Waals surface area contributed by atoms with E-state index in [4.69, 9.17) is 0 Å². The van der Waals surface area contributed by atoms with E-state index in [1.807, 2.05) is 51.1 Å². The summed E-state index contributed by atoms with van der Waals surface area (Å²) in [6.07, 6.45) is -0.244. The molecule has 0 spiro atoms. The molecule has 4 N–H and O–H groups in total. The molecule has 0 saturated carbocycles. The summed E-state index contributed by atoms with van der Waals surface area (Å²) in [7, 11) is -3.67. The molecule has 0 heterocycles. The summed E-state index contributed by atoms with van der Waals surface area (Å²) in [5.74, 6) is 0.148. The van der Waals surface area contributed by atoms with Crippen molar-refractivity contribution in [2.24, 2.45) is 5.92 Å². The molecular weight excluding hydrogens is 372 g/mol. The maximum atomic E-state index is 13.1. The van der Waals surface area contributed by atoms with E-state index in [1.54, 1.807) is 24.3 Å². The largest absolute Gasteiger partial charge is 0.386 e. The van der Waals surface area contributed by atoms with Crippen LogP contribution in [0.2, 0.25) is 0 Å². The highest BCUT2D eigenvalue weighted by Crippen LogP contribution is 2.19. The van der Waals surface area contributed by atoms with Crippen LogP contribution in [0.4, 0.5) is 0 Å². The van der Waals surface area contributed by atoms with Gasteiger partial charge in [-0.05, 0) is 30.5 Å². The molecule has 0 amide bonds. The Bertz CT molecular complexity index is 805. The second-order valence-electron chi connectivity index (χ2n) is 7.55. The summed E-state index contributed by atoms with van der Waals surface area (Å²) in [6.45, 7) is 6.25. The Balaban J connectivity index is 0.00000392. The molecule has 28 heavy (non-hydrogen) atoms. The first-order valence-electron chi connectivity index (χ1n) is 9.32. The average molecular weight is 408 g/mol. The van der Waals surface area contributed by atoms with Gasteiger partial charge in [0.25, 0.3) is 0 Å². The lowest BCUT2D eigenvalue weighted by atomic mass is 10.0. The van der Waals surface area contributed by atoms with Crippen LogP contribution in [-0.4, -0.2) is 43.1 Å². The molecule has 0 saturated heterocycles. The molecule has 156 valence electrons. The van der Waals surface area contributed by atoms with Gasteiger partial charge in [-0.3, -0.25) is 0 Å². The molecular formula is C22H35N2O3S+. The quantitative estimate of drug-likeness (QED) is 0.670. The van der Waals surface area contributed by atoms with Gasteiger partial charge in [-0.25, -0.2) is 8.42 Å². The van der Waals surface area contributed by atoms with Crippen LogP contribution >= 0.6 is 0 Å². The monoisotopic (exact) mass is 407 g/mol. The molecule has 0 aromatic heterocycles. The zero-order valence-corrected chi connectivity index (χ0v) is 17.2. The first-order chi connectivity index (χ1) is 12.7. The molecule has 0 radical (unpaired) electrons. The predicted molar refractivity (Wildman–Crippen MR) is 114 cm³/mol. The topological polar surface area (TPSA) is 85.2 Å². The van der Waals surface area contributed by atoms with Crippen molar-refractivity contribution in [1.29, 1.82) is 0 Å². The van der Waals surface area contributed by atoms with E-state index in [-0.39, 0.29) is 30.8 Å². The van der Waals surface area contributed by atoms with Crippen molar-refractivity contribution < 1.29 is 19.3 Å². The van der Waals surface area contributed by atoms with Gasteiger partial charge in [0, 0.05) is 19.5 Å². The fourth-order valence-electron chi connectivity index (χ4n) is 2.95. The Hall–Kier alpha value is -1.73. The van der Waals surface area contributed by atoms with Crippen molar-refractivity contribution >= 4 is 10.0 Å². The number of benzene rings is 2. The molecule has 0 aliphatic carbocycles. The number of rotatable bonds is 9. The second kappa shape index (κ2) is 10.7. The maximum absolute atomic E-state index is 13.1. The fraction of sp³-hybridized carbons (Fsp3) is 0.455. The number of hydrogen-bond acceptors (Lipinski definition) is 3. The molecule has 2 atom stereocenters.